The summed E-state index contributed by atoms with van der Waals surface area (Å²) in [5.41, 5.74) is 0.113. The van der Waals surface area contributed by atoms with E-state index in [2.05, 4.69) is 10.6 Å². The van der Waals surface area contributed by atoms with Crippen molar-refractivity contribution in [1.82, 2.24) is 10.6 Å². The molecule has 0 bridgehead atoms. The maximum Gasteiger partial charge on any atom is 0.191 e. The summed E-state index contributed by atoms with van der Waals surface area (Å²) < 4.78 is 17.5. The molecular formula is C22H36IN3O3. The highest BCUT2D eigenvalue weighted by atomic mass is 127. The predicted octanol–water partition coefficient (Wildman–Crippen LogP) is 4.04. The second-order valence-corrected chi connectivity index (χ2v) is 8.51. The Morgan fingerprint density at radius 1 is 1.14 bits per heavy atom. The van der Waals surface area contributed by atoms with Crippen LogP contribution >= 0.6 is 24.0 Å². The van der Waals surface area contributed by atoms with Crippen molar-refractivity contribution in [2.24, 2.45) is 4.99 Å². The molecule has 0 aromatic carbocycles. The summed E-state index contributed by atoms with van der Waals surface area (Å²) in [5, 5.41) is 7.21. The molecule has 0 amide bonds. The smallest absolute Gasteiger partial charge is 0.191 e. The largest absolute Gasteiger partial charge is 0.469 e. The van der Waals surface area contributed by atoms with Crippen molar-refractivity contribution in [3.8, 4) is 0 Å². The van der Waals surface area contributed by atoms with Gasteiger partial charge in [-0.1, -0.05) is 12.8 Å². The lowest BCUT2D eigenvalue weighted by Gasteiger charge is -2.39. The van der Waals surface area contributed by atoms with E-state index >= 15 is 0 Å². The highest BCUT2D eigenvalue weighted by Gasteiger charge is 2.40. The van der Waals surface area contributed by atoms with E-state index in [0.717, 1.165) is 63.7 Å². The molecule has 7 heteroatoms. The molecule has 3 fully saturated rings. The number of nitrogens with zero attached hydrogens (tertiary/aromatic N) is 1. The number of hydrogen-bond acceptors (Lipinski definition) is 4. The summed E-state index contributed by atoms with van der Waals surface area (Å²) in [6.45, 7) is 3.25. The predicted molar refractivity (Wildman–Crippen MR) is 125 cm³/mol. The van der Waals surface area contributed by atoms with Gasteiger partial charge in [0.1, 0.15) is 5.76 Å². The lowest BCUT2D eigenvalue weighted by Crippen LogP contribution is -2.51. The number of halogens is 1. The Morgan fingerprint density at radius 3 is 2.79 bits per heavy atom. The zero-order valence-electron chi connectivity index (χ0n) is 17.4. The summed E-state index contributed by atoms with van der Waals surface area (Å²) in [4.78, 5) is 4.87. The fourth-order valence-corrected chi connectivity index (χ4v) is 4.77. The number of nitrogens with one attached hydrogen (secondary N) is 2. The van der Waals surface area contributed by atoms with Crippen LogP contribution in [-0.4, -0.2) is 50.0 Å². The van der Waals surface area contributed by atoms with E-state index in [0.29, 0.717) is 6.04 Å². The minimum atomic E-state index is 0. The van der Waals surface area contributed by atoms with Gasteiger partial charge >= 0.3 is 0 Å². The Bertz CT molecular complexity index is 611. The van der Waals surface area contributed by atoms with Crippen LogP contribution in [0.4, 0.5) is 0 Å². The molecule has 2 aliphatic heterocycles. The monoisotopic (exact) mass is 517 g/mol. The van der Waals surface area contributed by atoms with E-state index in [9.17, 15) is 0 Å². The van der Waals surface area contributed by atoms with Crippen molar-refractivity contribution in [3.05, 3.63) is 24.2 Å². The van der Waals surface area contributed by atoms with Crippen molar-refractivity contribution in [2.75, 3.05) is 26.3 Å². The Morgan fingerprint density at radius 2 is 2.03 bits per heavy atom. The molecule has 2 saturated heterocycles. The van der Waals surface area contributed by atoms with Crippen LogP contribution in [0.15, 0.2) is 27.8 Å². The SMILES string of the molecule is I.c1coc(CCNC(=NCC2CCCCO2)NC2CCOC3(CCCC3)C2)c1. The molecule has 3 heterocycles. The molecule has 1 aromatic rings. The summed E-state index contributed by atoms with van der Waals surface area (Å²) >= 11 is 0. The third kappa shape index (κ3) is 6.85. The molecule has 0 radical (unpaired) electrons. The Labute approximate surface area is 191 Å². The Balaban J connectivity index is 0.00000240. The van der Waals surface area contributed by atoms with E-state index in [1.165, 1.54) is 38.5 Å². The van der Waals surface area contributed by atoms with E-state index in [1.54, 1.807) is 6.26 Å². The highest BCUT2D eigenvalue weighted by Crippen LogP contribution is 2.39. The third-order valence-electron chi connectivity index (χ3n) is 6.32. The Hall–Kier alpha value is -0.800. The van der Waals surface area contributed by atoms with Gasteiger partial charge in [0.25, 0.3) is 0 Å². The van der Waals surface area contributed by atoms with Crippen LogP contribution in [0.2, 0.25) is 0 Å². The second-order valence-electron chi connectivity index (χ2n) is 8.51. The molecule has 4 rings (SSSR count). The molecule has 1 aliphatic carbocycles. The number of aliphatic imine (C=N–C) groups is 1. The third-order valence-corrected chi connectivity index (χ3v) is 6.32. The van der Waals surface area contributed by atoms with Crippen LogP contribution < -0.4 is 10.6 Å². The van der Waals surface area contributed by atoms with Gasteiger partial charge in [0.15, 0.2) is 5.96 Å². The average Bonchev–Trinajstić information content (AvgIpc) is 3.39. The zero-order chi connectivity index (χ0) is 19.1. The van der Waals surface area contributed by atoms with Crippen LogP contribution in [0, 0.1) is 0 Å². The number of guanidine groups is 1. The van der Waals surface area contributed by atoms with Gasteiger partial charge in [-0.3, -0.25) is 4.99 Å². The van der Waals surface area contributed by atoms with Gasteiger partial charge < -0.3 is 24.5 Å². The molecule has 29 heavy (non-hydrogen) atoms. The standard InChI is InChI=1S/C22H35N3O3.HI/c1-4-13-27-20(6-1)17-24-21(23-12-8-19-7-5-14-26-19)25-18-9-15-28-22(16-18)10-2-3-11-22;/h5,7,14,18,20H,1-4,6,8-13,15-17H2,(H2,23,24,25);1H. The van der Waals surface area contributed by atoms with E-state index in [1.807, 2.05) is 12.1 Å². The maximum atomic E-state index is 6.19. The molecule has 164 valence electrons. The maximum absolute atomic E-state index is 6.19. The van der Waals surface area contributed by atoms with E-state index in [4.69, 9.17) is 18.9 Å². The number of furan rings is 1. The Kier molecular flexibility index (Phi) is 9.11. The minimum absolute atomic E-state index is 0. The van der Waals surface area contributed by atoms with Gasteiger partial charge in [-0.05, 0) is 57.1 Å². The van der Waals surface area contributed by atoms with Gasteiger partial charge in [-0.2, -0.15) is 0 Å². The quantitative estimate of drug-likeness (QED) is 0.339. The van der Waals surface area contributed by atoms with Crippen molar-refractivity contribution in [2.45, 2.75) is 82.0 Å². The summed E-state index contributed by atoms with van der Waals surface area (Å²) in [7, 11) is 0. The van der Waals surface area contributed by atoms with Gasteiger partial charge in [0.05, 0.1) is 24.5 Å². The minimum Gasteiger partial charge on any atom is -0.469 e. The molecule has 6 nitrogen and oxygen atoms in total. The summed E-state index contributed by atoms with van der Waals surface area (Å²) in [6.07, 6.45) is 13.5. The fraction of sp³-hybridized carbons (Fsp3) is 0.773. The van der Waals surface area contributed by atoms with Crippen LogP contribution in [0.5, 0.6) is 0 Å². The topological polar surface area (TPSA) is 68.0 Å². The molecule has 1 spiro atoms. The first kappa shape index (κ1) is 22.9. The van der Waals surface area contributed by atoms with Gasteiger partial charge in [-0.15, -0.1) is 24.0 Å². The van der Waals surface area contributed by atoms with E-state index < -0.39 is 0 Å². The van der Waals surface area contributed by atoms with Gasteiger partial charge in [-0.25, -0.2) is 0 Å². The van der Waals surface area contributed by atoms with Crippen LogP contribution in [0.1, 0.15) is 63.5 Å². The molecule has 2 atom stereocenters. The normalized spacial score (nSPS) is 26.8. The van der Waals surface area contributed by atoms with Crippen molar-refractivity contribution < 1.29 is 13.9 Å². The van der Waals surface area contributed by atoms with Crippen molar-refractivity contribution >= 4 is 29.9 Å². The second kappa shape index (κ2) is 11.6. The van der Waals surface area contributed by atoms with E-state index in [-0.39, 0.29) is 35.7 Å². The molecule has 2 unspecified atom stereocenters. The molecular weight excluding hydrogens is 481 g/mol. The van der Waals surface area contributed by atoms with Gasteiger partial charge in [0, 0.05) is 32.2 Å². The first-order chi connectivity index (χ1) is 13.8. The lowest BCUT2D eigenvalue weighted by atomic mass is 9.89. The molecule has 3 aliphatic rings. The first-order valence-electron chi connectivity index (χ1n) is 11.1. The highest BCUT2D eigenvalue weighted by molar-refractivity contribution is 14.0. The van der Waals surface area contributed by atoms with Crippen LogP contribution in [0.25, 0.3) is 0 Å². The van der Waals surface area contributed by atoms with Crippen LogP contribution in [-0.2, 0) is 15.9 Å². The molecule has 1 saturated carbocycles. The number of ether oxygens (including phenoxy) is 2. The van der Waals surface area contributed by atoms with Crippen molar-refractivity contribution in [3.63, 3.8) is 0 Å². The average molecular weight is 517 g/mol. The number of hydrogen-bond donors (Lipinski definition) is 2. The first-order valence-corrected chi connectivity index (χ1v) is 11.1. The van der Waals surface area contributed by atoms with Crippen molar-refractivity contribution in [1.29, 1.82) is 0 Å². The number of rotatable bonds is 6. The lowest BCUT2D eigenvalue weighted by molar-refractivity contribution is -0.0815. The molecule has 2 N–H and O–H groups in total. The molecule has 1 aromatic heterocycles. The van der Waals surface area contributed by atoms with Crippen LogP contribution in [0.3, 0.4) is 0 Å². The summed E-state index contributed by atoms with van der Waals surface area (Å²) in [5.74, 6) is 1.90. The zero-order valence-corrected chi connectivity index (χ0v) is 19.7. The van der Waals surface area contributed by atoms with Gasteiger partial charge in [0.2, 0.25) is 0 Å². The fourth-order valence-electron chi connectivity index (χ4n) is 4.77. The summed E-state index contributed by atoms with van der Waals surface area (Å²) in [6, 6.07) is 4.38.